The minimum atomic E-state index is -0.990. The molecule has 0 aliphatic carbocycles. The second-order valence-corrected chi connectivity index (χ2v) is 6.83. The average Bonchev–Trinajstić information content (AvgIpc) is 3.35. The van der Waals surface area contributed by atoms with Crippen LogP contribution in [0.2, 0.25) is 0 Å². The molecule has 7 heteroatoms. The number of hydrogen-bond donors (Lipinski definition) is 1. The normalized spacial score (nSPS) is 10.5. The standard InChI is InChI=1S/C19H12N3.C6H5NO2.Ir/c1-2-8-14(9-3-1)21-17-12-6-7-13-18(17)22-16-11-5-4-10-15(16)20-19(21)22;8-6(9)5-3-1-2-4-7-5;/h1-8,10-13H;1-4H,(H,8,9);/q-1;;. The Morgan fingerprint density at radius 1 is 0.812 bits per heavy atom. The van der Waals surface area contributed by atoms with Crippen LogP contribution in [0.15, 0.2) is 97.2 Å². The number of aromatic nitrogens is 4. The maximum Gasteiger partial charge on any atom is 0.354 e. The molecular formula is C25H17IrN4O2-. The number of aromatic carboxylic acids is 1. The fourth-order valence-electron chi connectivity index (χ4n) is 3.60. The number of para-hydroxylation sites is 5. The molecule has 0 fully saturated rings. The summed E-state index contributed by atoms with van der Waals surface area (Å²) in [5, 5.41) is 8.32. The van der Waals surface area contributed by atoms with Crippen LogP contribution in [0.4, 0.5) is 0 Å². The maximum absolute atomic E-state index is 10.1. The van der Waals surface area contributed by atoms with Crippen molar-refractivity contribution in [3.8, 4) is 5.69 Å². The zero-order valence-electron chi connectivity index (χ0n) is 16.7. The van der Waals surface area contributed by atoms with Gasteiger partial charge in [0.15, 0.2) is 0 Å². The van der Waals surface area contributed by atoms with Crippen molar-refractivity contribution in [3.63, 3.8) is 0 Å². The first-order valence-electron chi connectivity index (χ1n) is 9.72. The fourth-order valence-corrected chi connectivity index (χ4v) is 3.60. The van der Waals surface area contributed by atoms with Gasteiger partial charge in [0.05, 0.1) is 22.1 Å². The van der Waals surface area contributed by atoms with E-state index in [1.54, 1.807) is 12.1 Å². The van der Waals surface area contributed by atoms with Crippen molar-refractivity contribution in [3.05, 3.63) is 109 Å². The number of carboxylic acid groups (broad SMARTS) is 1. The predicted octanol–water partition coefficient (Wildman–Crippen LogP) is 5.01. The van der Waals surface area contributed by atoms with Crippen molar-refractivity contribution in [1.82, 2.24) is 18.9 Å². The van der Waals surface area contributed by atoms with E-state index >= 15 is 0 Å². The molecule has 159 valence electrons. The van der Waals surface area contributed by atoms with E-state index in [1.807, 2.05) is 24.3 Å². The van der Waals surface area contributed by atoms with E-state index in [-0.39, 0.29) is 25.8 Å². The number of benzene rings is 3. The van der Waals surface area contributed by atoms with E-state index in [2.05, 4.69) is 68.5 Å². The van der Waals surface area contributed by atoms with Crippen molar-refractivity contribution in [2.45, 2.75) is 0 Å². The molecule has 0 aliphatic rings. The van der Waals surface area contributed by atoms with E-state index in [0.29, 0.717) is 0 Å². The zero-order chi connectivity index (χ0) is 21.2. The fraction of sp³-hybridized carbons (Fsp3) is 0. The van der Waals surface area contributed by atoms with Crippen LogP contribution in [-0.2, 0) is 20.1 Å². The van der Waals surface area contributed by atoms with E-state index in [0.717, 1.165) is 33.5 Å². The van der Waals surface area contributed by atoms with Crippen LogP contribution >= 0.6 is 0 Å². The molecule has 3 heterocycles. The third-order valence-corrected chi connectivity index (χ3v) is 4.92. The van der Waals surface area contributed by atoms with Gasteiger partial charge in [-0.25, -0.2) is 14.8 Å². The van der Waals surface area contributed by atoms with Gasteiger partial charge in [-0.05, 0) is 36.4 Å². The third-order valence-electron chi connectivity index (χ3n) is 4.92. The molecule has 32 heavy (non-hydrogen) atoms. The van der Waals surface area contributed by atoms with E-state index < -0.39 is 5.97 Å². The van der Waals surface area contributed by atoms with Gasteiger partial charge < -0.3 is 9.67 Å². The number of nitrogens with zero attached hydrogens (tertiary/aromatic N) is 4. The van der Waals surface area contributed by atoms with Crippen molar-refractivity contribution in [2.24, 2.45) is 0 Å². The predicted molar refractivity (Wildman–Crippen MR) is 120 cm³/mol. The van der Waals surface area contributed by atoms with Crippen LogP contribution < -0.4 is 0 Å². The van der Waals surface area contributed by atoms with Gasteiger partial charge in [-0.1, -0.05) is 36.0 Å². The van der Waals surface area contributed by atoms with E-state index in [1.165, 1.54) is 12.3 Å². The van der Waals surface area contributed by atoms with Crippen molar-refractivity contribution in [2.75, 3.05) is 0 Å². The summed E-state index contributed by atoms with van der Waals surface area (Å²) in [5.41, 5.74) is 5.51. The first-order valence-corrected chi connectivity index (χ1v) is 9.72. The summed E-state index contributed by atoms with van der Waals surface area (Å²) in [7, 11) is 0. The van der Waals surface area contributed by atoms with Gasteiger partial charge in [-0.2, -0.15) is 24.3 Å². The van der Waals surface area contributed by atoms with Crippen LogP contribution in [0.5, 0.6) is 0 Å². The molecule has 1 radical (unpaired) electrons. The number of fused-ring (bicyclic) bond motifs is 5. The van der Waals surface area contributed by atoms with Gasteiger partial charge in [-0.3, -0.25) is 4.40 Å². The van der Waals surface area contributed by atoms with Gasteiger partial charge in [-0.15, -0.1) is 6.07 Å². The molecule has 3 aromatic heterocycles. The number of carboxylic acids is 1. The van der Waals surface area contributed by atoms with Crippen molar-refractivity contribution in [1.29, 1.82) is 0 Å². The van der Waals surface area contributed by atoms with Crippen LogP contribution in [-0.4, -0.2) is 30.0 Å². The minimum Gasteiger partial charge on any atom is -0.477 e. The molecule has 0 saturated carbocycles. The van der Waals surface area contributed by atoms with Gasteiger partial charge in [0, 0.05) is 26.3 Å². The number of imidazole rings is 2. The second kappa shape index (κ2) is 9.14. The van der Waals surface area contributed by atoms with Gasteiger partial charge >= 0.3 is 5.97 Å². The van der Waals surface area contributed by atoms with Crippen LogP contribution in [0.25, 0.3) is 33.5 Å². The Morgan fingerprint density at radius 2 is 1.50 bits per heavy atom. The molecule has 0 aliphatic heterocycles. The van der Waals surface area contributed by atoms with Crippen molar-refractivity contribution >= 4 is 33.8 Å². The SMILES string of the molecule is O=C(O)c1ccccn1.[Ir].[c-]1ccccc1-n1c2ccccc2n2c3ccccc3nc12. The Balaban J connectivity index is 0.000000209. The molecule has 0 atom stereocenters. The largest absolute Gasteiger partial charge is 0.477 e. The van der Waals surface area contributed by atoms with Gasteiger partial charge in [0.25, 0.3) is 0 Å². The quantitative estimate of drug-likeness (QED) is 0.285. The van der Waals surface area contributed by atoms with Crippen LogP contribution in [0.3, 0.4) is 0 Å². The number of rotatable bonds is 2. The molecule has 0 amide bonds. The molecule has 0 saturated heterocycles. The van der Waals surface area contributed by atoms with E-state index in [4.69, 9.17) is 10.1 Å². The van der Waals surface area contributed by atoms with Gasteiger partial charge in [0.2, 0.25) is 5.78 Å². The van der Waals surface area contributed by atoms with Crippen LogP contribution in [0, 0.1) is 6.07 Å². The summed E-state index contributed by atoms with van der Waals surface area (Å²) in [6, 6.07) is 32.7. The topological polar surface area (TPSA) is 72.4 Å². The zero-order valence-corrected chi connectivity index (χ0v) is 19.1. The number of hydrogen-bond acceptors (Lipinski definition) is 3. The Kier molecular flexibility index (Phi) is 6.12. The summed E-state index contributed by atoms with van der Waals surface area (Å²) < 4.78 is 4.38. The Bertz CT molecular complexity index is 1510. The van der Waals surface area contributed by atoms with Gasteiger partial charge in [0.1, 0.15) is 5.69 Å². The molecule has 6 rings (SSSR count). The molecular weight excluding hydrogens is 581 g/mol. The number of carbonyl (C=O) groups is 1. The Labute approximate surface area is 197 Å². The van der Waals surface area contributed by atoms with E-state index in [9.17, 15) is 4.79 Å². The summed E-state index contributed by atoms with van der Waals surface area (Å²) in [6.07, 6.45) is 1.45. The first-order chi connectivity index (χ1) is 15.2. The number of pyridine rings is 1. The maximum atomic E-state index is 10.1. The monoisotopic (exact) mass is 598 g/mol. The van der Waals surface area contributed by atoms with Crippen LogP contribution in [0.1, 0.15) is 10.5 Å². The second-order valence-electron chi connectivity index (χ2n) is 6.83. The molecule has 0 unspecified atom stereocenters. The van der Waals surface area contributed by atoms with Crippen molar-refractivity contribution < 1.29 is 30.0 Å². The smallest absolute Gasteiger partial charge is 0.354 e. The molecule has 1 N–H and O–H groups in total. The molecule has 0 bridgehead atoms. The molecule has 3 aromatic carbocycles. The summed E-state index contributed by atoms with van der Waals surface area (Å²) in [4.78, 5) is 18.6. The molecule has 6 aromatic rings. The summed E-state index contributed by atoms with van der Waals surface area (Å²) in [6.45, 7) is 0. The molecule has 6 nitrogen and oxygen atoms in total. The Hall–Kier alpha value is -3.80. The summed E-state index contributed by atoms with van der Waals surface area (Å²) in [5.74, 6) is -0.0690. The first kappa shape index (κ1) is 21.4. The molecule has 0 spiro atoms. The summed E-state index contributed by atoms with van der Waals surface area (Å²) >= 11 is 0. The average molecular weight is 598 g/mol. The minimum absolute atomic E-state index is 0. The third kappa shape index (κ3) is 3.80. The Morgan fingerprint density at radius 3 is 2.16 bits per heavy atom.